The number of likely N-dealkylation sites (N-methyl/N-ethyl adjacent to an activating group) is 2. The summed E-state index contributed by atoms with van der Waals surface area (Å²) in [5.41, 5.74) is 1.81. The molecule has 0 aliphatic heterocycles. The number of nitrogens with zero attached hydrogens (tertiary/aromatic N) is 2. The summed E-state index contributed by atoms with van der Waals surface area (Å²) in [5.74, 6) is 0.0687. The van der Waals surface area contributed by atoms with Crippen LogP contribution in [0.2, 0.25) is 0 Å². The van der Waals surface area contributed by atoms with Crippen molar-refractivity contribution in [3.05, 3.63) is 28.2 Å². The topological polar surface area (TPSA) is 43.8 Å². The molecule has 0 unspecified atom stereocenters. The maximum atomic E-state index is 11.7. The van der Waals surface area contributed by atoms with Gasteiger partial charge < -0.3 is 14.9 Å². The normalized spacial score (nSPS) is 10.3. The Morgan fingerprint density at radius 3 is 2.50 bits per heavy atom. The summed E-state index contributed by atoms with van der Waals surface area (Å²) in [5, 5.41) is 9.12. The minimum atomic E-state index is 0.00359. The van der Waals surface area contributed by atoms with E-state index in [0.29, 0.717) is 6.54 Å². The van der Waals surface area contributed by atoms with Gasteiger partial charge in [-0.25, -0.2) is 0 Å². The first-order chi connectivity index (χ1) is 8.49. The molecule has 0 saturated heterocycles. The maximum Gasteiger partial charge on any atom is 0.241 e. The second-order valence-corrected chi connectivity index (χ2v) is 5.09. The second-order valence-electron chi connectivity index (χ2n) is 4.24. The Hall–Kier alpha value is -1.07. The number of anilines is 1. The molecule has 4 nitrogen and oxygen atoms in total. The highest BCUT2D eigenvalue weighted by Gasteiger charge is 2.12. The lowest BCUT2D eigenvalue weighted by atomic mass is 10.2. The summed E-state index contributed by atoms with van der Waals surface area (Å²) < 4.78 is 0.859. The molecule has 1 N–H and O–H groups in total. The summed E-state index contributed by atoms with van der Waals surface area (Å²) in [6.45, 7) is 3.12. The van der Waals surface area contributed by atoms with E-state index in [4.69, 9.17) is 5.11 Å². The molecule has 0 aromatic heterocycles. The van der Waals surface area contributed by atoms with Gasteiger partial charge in [-0.15, -0.1) is 0 Å². The molecular formula is C13H19BrN2O2. The lowest BCUT2D eigenvalue weighted by Crippen LogP contribution is -2.36. The number of carbonyl (C=O) groups is 1. The van der Waals surface area contributed by atoms with Crippen LogP contribution in [0, 0.1) is 0 Å². The molecular weight excluding hydrogens is 296 g/mol. The quantitative estimate of drug-likeness (QED) is 0.902. The summed E-state index contributed by atoms with van der Waals surface area (Å²) >= 11 is 3.42. The number of amides is 1. The number of aliphatic hydroxyl groups excluding tert-OH is 1. The van der Waals surface area contributed by atoms with E-state index in [0.717, 1.165) is 22.3 Å². The predicted octanol–water partition coefficient (Wildman–Crippen LogP) is 1.86. The second kappa shape index (κ2) is 6.75. The van der Waals surface area contributed by atoms with Gasteiger partial charge in [-0.1, -0.05) is 22.0 Å². The highest BCUT2D eigenvalue weighted by Crippen LogP contribution is 2.24. The number of halogens is 1. The highest BCUT2D eigenvalue weighted by atomic mass is 79.9. The molecule has 1 aromatic rings. The molecule has 0 aliphatic rings. The number of carbonyl (C=O) groups excluding carboxylic acids is 1. The van der Waals surface area contributed by atoms with Gasteiger partial charge in [0.05, 0.1) is 13.2 Å². The van der Waals surface area contributed by atoms with Gasteiger partial charge in [0.2, 0.25) is 5.91 Å². The Morgan fingerprint density at radius 1 is 1.39 bits per heavy atom. The van der Waals surface area contributed by atoms with E-state index in [9.17, 15) is 4.79 Å². The fourth-order valence-corrected chi connectivity index (χ4v) is 2.04. The number of rotatable bonds is 5. The van der Waals surface area contributed by atoms with E-state index >= 15 is 0 Å². The molecule has 1 amide bonds. The Kier molecular flexibility index (Phi) is 5.62. The molecule has 18 heavy (non-hydrogen) atoms. The van der Waals surface area contributed by atoms with Crippen molar-refractivity contribution in [3.63, 3.8) is 0 Å². The zero-order valence-electron chi connectivity index (χ0n) is 11.0. The Bertz CT molecular complexity index is 421. The van der Waals surface area contributed by atoms with Crippen molar-refractivity contribution < 1.29 is 9.90 Å². The van der Waals surface area contributed by atoms with Crippen molar-refractivity contribution in [3.8, 4) is 0 Å². The first kappa shape index (κ1) is 15.0. The lowest BCUT2D eigenvalue weighted by Gasteiger charge is -2.24. The largest absolute Gasteiger partial charge is 0.392 e. The summed E-state index contributed by atoms with van der Waals surface area (Å²) in [6, 6.07) is 5.71. The van der Waals surface area contributed by atoms with Crippen molar-refractivity contribution >= 4 is 27.5 Å². The van der Waals surface area contributed by atoms with Gasteiger partial charge >= 0.3 is 0 Å². The van der Waals surface area contributed by atoms with Crippen LogP contribution >= 0.6 is 15.9 Å². The molecule has 0 saturated carbocycles. The molecule has 5 heteroatoms. The van der Waals surface area contributed by atoms with Gasteiger partial charge in [-0.2, -0.15) is 0 Å². The molecule has 0 atom stereocenters. The third-order valence-electron chi connectivity index (χ3n) is 2.78. The Labute approximate surface area is 116 Å². The van der Waals surface area contributed by atoms with Crippen LogP contribution in [-0.2, 0) is 11.4 Å². The molecule has 0 aliphatic carbocycles. The first-order valence-corrected chi connectivity index (χ1v) is 6.63. The summed E-state index contributed by atoms with van der Waals surface area (Å²) in [6.07, 6.45) is 0. The fraction of sp³-hybridized carbons (Fsp3) is 0.462. The predicted molar refractivity (Wildman–Crippen MR) is 76.6 cm³/mol. The lowest BCUT2D eigenvalue weighted by molar-refractivity contribution is -0.127. The van der Waals surface area contributed by atoms with E-state index in [1.165, 1.54) is 0 Å². The van der Waals surface area contributed by atoms with E-state index in [2.05, 4.69) is 15.9 Å². The van der Waals surface area contributed by atoms with Crippen LogP contribution in [0.4, 0.5) is 5.69 Å². The molecule has 1 rings (SSSR count). The van der Waals surface area contributed by atoms with Crippen molar-refractivity contribution in [2.24, 2.45) is 0 Å². The Morgan fingerprint density at radius 2 is 2.06 bits per heavy atom. The molecule has 0 spiro atoms. The zero-order valence-corrected chi connectivity index (χ0v) is 12.6. The van der Waals surface area contributed by atoms with Crippen molar-refractivity contribution in [1.82, 2.24) is 4.90 Å². The van der Waals surface area contributed by atoms with Gasteiger partial charge in [0.1, 0.15) is 0 Å². The van der Waals surface area contributed by atoms with Crippen LogP contribution in [0.15, 0.2) is 22.7 Å². The number of aliphatic hydroxyl groups is 1. The SMILES string of the molecule is CCN(CC(=O)N(C)C)c1ccc(CO)c(Br)c1. The smallest absolute Gasteiger partial charge is 0.241 e. The van der Waals surface area contributed by atoms with E-state index in [1.54, 1.807) is 19.0 Å². The minimum Gasteiger partial charge on any atom is -0.392 e. The van der Waals surface area contributed by atoms with Crippen molar-refractivity contribution in [2.75, 3.05) is 32.1 Å². The van der Waals surface area contributed by atoms with Gasteiger partial charge in [-0.3, -0.25) is 4.79 Å². The van der Waals surface area contributed by atoms with Gasteiger partial charge in [0.25, 0.3) is 0 Å². The van der Waals surface area contributed by atoms with Crippen LogP contribution < -0.4 is 4.90 Å². The maximum absolute atomic E-state index is 11.7. The number of hydrogen-bond donors (Lipinski definition) is 1. The summed E-state index contributed by atoms with van der Waals surface area (Å²) in [4.78, 5) is 15.3. The highest BCUT2D eigenvalue weighted by molar-refractivity contribution is 9.10. The molecule has 0 bridgehead atoms. The average molecular weight is 315 g/mol. The number of benzene rings is 1. The van der Waals surface area contributed by atoms with Crippen LogP contribution in [-0.4, -0.2) is 43.1 Å². The first-order valence-electron chi connectivity index (χ1n) is 5.84. The molecule has 0 fully saturated rings. The third kappa shape index (κ3) is 3.71. The van der Waals surface area contributed by atoms with Crippen molar-refractivity contribution in [1.29, 1.82) is 0 Å². The summed E-state index contributed by atoms with van der Waals surface area (Å²) in [7, 11) is 3.50. The molecule has 0 heterocycles. The molecule has 100 valence electrons. The fourth-order valence-electron chi connectivity index (χ4n) is 1.55. The van der Waals surface area contributed by atoms with Crippen LogP contribution in [0.5, 0.6) is 0 Å². The molecule has 0 radical (unpaired) electrons. The number of hydrogen-bond acceptors (Lipinski definition) is 3. The average Bonchev–Trinajstić information content (AvgIpc) is 2.35. The third-order valence-corrected chi connectivity index (χ3v) is 3.52. The zero-order chi connectivity index (χ0) is 13.7. The standard InChI is InChI=1S/C13H19BrN2O2/c1-4-16(8-13(18)15(2)3)11-6-5-10(9-17)12(14)7-11/h5-7,17H,4,8-9H2,1-3H3. The van der Waals surface area contributed by atoms with Crippen LogP contribution in [0.1, 0.15) is 12.5 Å². The minimum absolute atomic E-state index is 0.00359. The van der Waals surface area contributed by atoms with E-state index < -0.39 is 0 Å². The van der Waals surface area contributed by atoms with Gasteiger partial charge in [0.15, 0.2) is 0 Å². The van der Waals surface area contributed by atoms with Gasteiger partial charge in [-0.05, 0) is 24.6 Å². The Balaban J connectivity index is 2.88. The van der Waals surface area contributed by atoms with Gasteiger partial charge in [0, 0.05) is 30.8 Å². The van der Waals surface area contributed by atoms with Crippen LogP contribution in [0.3, 0.4) is 0 Å². The molecule has 1 aromatic carbocycles. The van der Waals surface area contributed by atoms with Crippen molar-refractivity contribution in [2.45, 2.75) is 13.5 Å². The van der Waals surface area contributed by atoms with E-state index in [-0.39, 0.29) is 12.5 Å². The van der Waals surface area contributed by atoms with Crippen LogP contribution in [0.25, 0.3) is 0 Å². The van der Waals surface area contributed by atoms with E-state index in [1.807, 2.05) is 30.0 Å². The monoisotopic (exact) mass is 314 g/mol.